The van der Waals surface area contributed by atoms with Crippen molar-refractivity contribution in [2.45, 2.75) is 6.61 Å². The van der Waals surface area contributed by atoms with E-state index in [2.05, 4.69) is 4.74 Å². The molecule has 0 heterocycles. The van der Waals surface area contributed by atoms with Crippen LogP contribution in [0, 0.1) is 29.1 Å². The molecule has 1 aromatic carbocycles. The Morgan fingerprint density at radius 3 is 1.90 bits per heavy atom. The topological polar surface area (TPSA) is 43.4 Å². The second-order valence-electron chi connectivity index (χ2n) is 3.95. The molecule has 21 heavy (non-hydrogen) atoms. The van der Waals surface area contributed by atoms with E-state index in [1.54, 1.807) is 0 Å². The molecule has 0 saturated heterocycles. The van der Waals surface area contributed by atoms with Gasteiger partial charge in [0, 0.05) is 6.08 Å². The van der Waals surface area contributed by atoms with Gasteiger partial charge in [-0.1, -0.05) is 0 Å². The molecule has 0 saturated carbocycles. The summed E-state index contributed by atoms with van der Waals surface area (Å²) in [5.41, 5.74) is -1.23. The second-order valence-corrected chi connectivity index (χ2v) is 3.95. The summed E-state index contributed by atoms with van der Waals surface area (Å²) < 4.78 is 70.1. The lowest BCUT2D eigenvalue weighted by atomic mass is 10.1. The minimum absolute atomic E-state index is 0.550. The van der Waals surface area contributed by atoms with Gasteiger partial charge in [-0.05, 0) is 12.2 Å². The van der Waals surface area contributed by atoms with Gasteiger partial charge in [0.15, 0.2) is 34.8 Å². The predicted octanol–water partition coefficient (Wildman–Crippen LogP) is 2.49. The van der Waals surface area contributed by atoms with Crippen LogP contribution in [0.25, 0.3) is 0 Å². The van der Waals surface area contributed by atoms with Gasteiger partial charge in [0.25, 0.3) is 0 Å². The van der Waals surface area contributed by atoms with E-state index in [4.69, 9.17) is 0 Å². The lowest BCUT2D eigenvalue weighted by molar-refractivity contribution is -0.117. The maximum Gasteiger partial charge on any atom is 0.220 e. The Morgan fingerprint density at radius 2 is 1.33 bits per heavy atom. The van der Waals surface area contributed by atoms with Gasteiger partial charge in [-0.3, -0.25) is 9.59 Å². The first-order valence-electron chi connectivity index (χ1n) is 5.44. The van der Waals surface area contributed by atoms with Crippen molar-refractivity contribution in [2.24, 2.45) is 0 Å². The third-order valence-corrected chi connectivity index (χ3v) is 2.59. The van der Waals surface area contributed by atoms with Gasteiger partial charge in [-0.15, -0.1) is 0 Å². The molecule has 0 unspecified atom stereocenters. The molecule has 0 bridgehead atoms. The van der Waals surface area contributed by atoms with E-state index in [0.29, 0.717) is 0 Å². The molecule has 0 N–H and O–H groups in total. The molecule has 1 aromatic rings. The van der Waals surface area contributed by atoms with E-state index >= 15 is 0 Å². The Balaban J connectivity index is 2.29. The highest BCUT2D eigenvalue weighted by molar-refractivity contribution is 6.16. The molecule has 2 rings (SSSR count). The molecule has 0 radical (unpaired) electrons. The maximum absolute atomic E-state index is 13.3. The SMILES string of the molecule is O=C1C=CC(=O)C(OCc2c(F)c(F)c(F)c(F)c2F)=C1. The van der Waals surface area contributed by atoms with Gasteiger partial charge in [0.05, 0.1) is 5.56 Å². The summed E-state index contributed by atoms with van der Waals surface area (Å²) >= 11 is 0. The standard InChI is InChI=1S/C13H5F5O3/c14-9-6(10(15)12(17)13(18)11(9)16)4-21-8-3-5(19)1-2-7(8)20/h1-3H,4H2. The number of carbonyl (C=O) groups is 2. The van der Waals surface area contributed by atoms with Crippen molar-refractivity contribution in [2.75, 3.05) is 0 Å². The number of hydrogen-bond donors (Lipinski definition) is 0. The number of allylic oxidation sites excluding steroid dienone is 3. The number of hydrogen-bond acceptors (Lipinski definition) is 3. The quantitative estimate of drug-likeness (QED) is 0.373. The molecular weight excluding hydrogens is 299 g/mol. The average Bonchev–Trinajstić information content (AvgIpc) is 2.46. The summed E-state index contributed by atoms with van der Waals surface area (Å²) in [4.78, 5) is 22.3. The highest BCUT2D eigenvalue weighted by atomic mass is 19.2. The van der Waals surface area contributed by atoms with Gasteiger partial charge in [-0.25, -0.2) is 22.0 Å². The van der Waals surface area contributed by atoms with E-state index in [1.807, 2.05) is 0 Å². The zero-order valence-electron chi connectivity index (χ0n) is 10.1. The third kappa shape index (κ3) is 2.69. The van der Waals surface area contributed by atoms with Crippen LogP contribution in [0.2, 0.25) is 0 Å². The summed E-state index contributed by atoms with van der Waals surface area (Å²) in [7, 11) is 0. The minimum Gasteiger partial charge on any atom is -0.484 e. The molecule has 1 aliphatic rings. The van der Waals surface area contributed by atoms with E-state index in [-0.39, 0.29) is 0 Å². The van der Waals surface area contributed by atoms with Gasteiger partial charge >= 0.3 is 0 Å². The highest BCUT2D eigenvalue weighted by Gasteiger charge is 2.26. The predicted molar refractivity (Wildman–Crippen MR) is 58.3 cm³/mol. The summed E-state index contributed by atoms with van der Waals surface area (Å²) in [6.07, 6.45) is 2.54. The Labute approximate surface area is 114 Å². The first kappa shape index (κ1) is 14.9. The number of ether oxygens (including phenoxy) is 1. The first-order valence-corrected chi connectivity index (χ1v) is 5.44. The van der Waals surface area contributed by atoms with Gasteiger partial charge in [-0.2, -0.15) is 0 Å². The zero-order chi connectivity index (χ0) is 15.7. The van der Waals surface area contributed by atoms with E-state index in [0.717, 1.165) is 18.2 Å². The van der Waals surface area contributed by atoms with Crippen molar-refractivity contribution in [3.05, 3.63) is 58.6 Å². The number of halogens is 5. The number of benzene rings is 1. The summed E-state index contributed by atoms with van der Waals surface area (Å²) in [6.45, 7) is -1.09. The molecule has 3 nitrogen and oxygen atoms in total. The normalized spacial score (nSPS) is 14.4. The minimum atomic E-state index is -2.29. The van der Waals surface area contributed by atoms with Crippen LogP contribution in [0.15, 0.2) is 24.0 Å². The lowest BCUT2D eigenvalue weighted by Crippen LogP contribution is -2.13. The van der Waals surface area contributed by atoms with Gasteiger partial charge in [0.1, 0.15) is 6.61 Å². The number of rotatable bonds is 3. The fraction of sp³-hybridized carbons (Fsp3) is 0.0769. The Hall–Kier alpha value is -2.51. The van der Waals surface area contributed by atoms with Gasteiger partial charge in [0.2, 0.25) is 11.6 Å². The van der Waals surface area contributed by atoms with E-state index in [9.17, 15) is 31.5 Å². The molecule has 8 heteroatoms. The van der Waals surface area contributed by atoms with Crippen LogP contribution in [0.3, 0.4) is 0 Å². The monoisotopic (exact) mass is 304 g/mol. The van der Waals surface area contributed by atoms with Gasteiger partial charge < -0.3 is 4.74 Å². The Bertz CT molecular complexity index is 677. The first-order chi connectivity index (χ1) is 9.82. The molecular formula is C13H5F5O3. The molecule has 0 aliphatic heterocycles. The largest absolute Gasteiger partial charge is 0.484 e. The average molecular weight is 304 g/mol. The third-order valence-electron chi connectivity index (χ3n) is 2.59. The van der Waals surface area contributed by atoms with Crippen molar-refractivity contribution in [1.29, 1.82) is 0 Å². The molecule has 0 fully saturated rings. The number of ketones is 2. The van der Waals surface area contributed by atoms with E-state index < -0.39 is 58.6 Å². The second kappa shape index (κ2) is 5.47. The molecule has 0 spiro atoms. The number of carbonyl (C=O) groups excluding carboxylic acids is 2. The molecule has 1 aliphatic carbocycles. The van der Waals surface area contributed by atoms with Crippen LogP contribution in [-0.2, 0) is 20.9 Å². The van der Waals surface area contributed by atoms with Crippen LogP contribution < -0.4 is 0 Å². The fourth-order valence-electron chi connectivity index (χ4n) is 1.53. The Kier molecular flexibility index (Phi) is 3.88. The zero-order valence-corrected chi connectivity index (χ0v) is 10.1. The van der Waals surface area contributed by atoms with Crippen LogP contribution >= 0.6 is 0 Å². The Morgan fingerprint density at radius 1 is 0.810 bits per heavy atom. The van der Waals surface area contributed by atoms with Crippen LogP contribution in [0.5, 0.6) is 0 Å². The maximum atomic E-state index is 13.3. The smallest absolute Gasteiger partial charge is 0.220 e. The lowest BCUT2D eigenvalue weighted by Gasteiger charge is -2.12. The van der Waals surface area contributed by atoms with Crippen molar-refractivity contribution in [1.82, 2.24) is 0 Å². The summed E-state index contributed by atoms with van der Waals surface area (Å²) in [5.74, 6) is -12.6. The van der Waals surface area contributed by atoms with Crippen molar-refractivity contribution >= 4 is 11.6 Å². The molecule has 0 amide bonds. The highest BCUT2D eigenvalue weighted by Crippen LogP contribution is 2.24. The molecule has 0 atom stereocenters. The van der Waals surface area contributed by atoms with Crippen LogP contribution in [0.4, 0.5) is 22.0 Å². The molecule has 110 valence electrons. The van der Waals surface area contributed by atoms with Crippen molar-refractivity contribution < 1.29 is 36.3 Å². The summed E-state index contributed by atoms with van der Waals surface area (Å²) in [5, 5.41) is 0. The fourth-order valence-corrected chi connectivity index (χ4v) is 1.53. The van der Waals surface area contributed by atoms with Crippen molar-refractivity contribution in [3.63, 3.8) is 0 Å². The van der Waals surface area contributed by atoms with Crippen molar-refractivity contribution in [3.8, 4) is 0 Å². The van der Waals surface area contributed by atoms with Crippen LogP contribution in [0.1, 0.15) is 5.56 Å². The van der Waals surface area contributed by atoms with Crippen LogP contribution in [-0.4, -0.2) is 11.6 Å². The van der Waals surface area contributed by atoms with E-state index in [1.165, 1.54) is 0 Å². The summed E-state index contributed by atoms with van der Waals surface area (Å²) in [6, 6.07) is 0. The molecule has 0 aromatic heterocycles.